The second-order valence-electron chi connectivity index (χ2n) is 4.42. The number of aromatic nitrogens is 1. The SMILES string of the molecule is N#C/C(=C/c1ccco1)c1nc(-c2ccc(O)cc2O)cs1. The van der Waals surface area contributed by atoms with Crippen LogP contribution in [0.2, 0.25) is 0 Å². The number of phenols is 2. The number of nitriles is 1. The number of furan rings is 1. The van der Waals surface area contributed by atoms with Crippen molar-refractivity contribution in [3.05, 3.63) is 52.7 Å². The quantitative estimate of drug-likeness (QED) is 0.716. The van der Waals surface area contributed by atoms with E-state index in [1.165, 1.54) is 29.7 Å². The van der Waals surface area contributed by atoms with E-state index < -0.39 is 0 Å². The predicted octanol–water partition coefficient (Wildman–Crippen LogP) is 3.88. The van der Waals surface area contributed by atoms with Gasteiger partial charge in [-0.05, 0) is 24.3 Å². The second kappa shape index (κ2) is 5.76. The summed E-state index contributed by atoms with van der Waals surface area (Å²) < 4.78 is 5.19. The molecule has 108 valence electrons. The molecule has 5 nitrogen and oxygen atoms in total. The average molecular weight is 310 g/mol. The van der Waals surface area contributed by atoms with Crippen LogP contribution in [0.4, 0.5) is 0 Å². The molecule has 0 unspecified atom stereocenters. The van der Waals surface area contributed by atoms with Crippen molar-refractivity contribution in [1.82, 2.24) is 4.98 Å². The molecule has 0 spiro atoms. The van der Waals surface area contributed by atoms with Gasteiger partial charge in [-0.25, -0.2) is 4.98 Å². The topological polar surface area (TPSA) is 90.3 Å². The van der Waals surface area contributed by atoms with Crippen LogP contribution >= 0.6 is 11.3 Å². The van der Waals surface area contributed by atoms with Gasteiger partial charge in [0.25, 0.3) is 0 Å². The second-order valence-corrected chi connectivity index (χ2v) is 5.28. The standard InChI is InChI=1S/C16H10N2O3S/c17-8-10(6-12-2-1-5-21-12)16-18-14(9-22-16)13-4-3-11(19)7-15(13)20/h1-7,9,19-20H/b10-6-. The first kappa shape index (κ1) is 13.9. The monoisotopic (exact) mass is 310 g/mol. The fourth-order valence-electron chi connectivity index (χ4n) is 1.92. The largest absolute Gasteiger partial charge is 0.508 e. The summed E-state index contributed by atoms with van der Waals surface area (Å²) in [5.41, 5.74) is 1.41. The molecule has 0 fully saturated rings. The minimum absolute atomic E-state index is 0.0212. The fraction of sp³-hybridized carbons (Fsp3) is 0. The predicted molar refractivity (Wildman–Crippen MR) is 83.1 cm³/mol. The van der Waals surface area contributed by atoms with Crippen molar-refractivity contribution >= 4 is 23.0 Å². The van der Waals surface area contributed by atoms with E-state index in [-0.39, 0.29) is 11.5 Å². The zero-order chi connectivity index (χ0) is 15.5. The lowest BCUT2D eigenvalue weighted by Gasteiger charge is -2.01. The summed E-state index contributed by atoms with van der Waals surface area (Å²) >= 11 is 1.29. The van der Waals surface area contributed by atoms with E-state index in [0.717, 1.165) is 0 Å². The lowest BCUT2D eigenvalue weighted by Crippen LogP contribution is -1.83. The molecule has 0 aliphatic heterocycles. The number of benzene rings is 1. The van der Waals surface area contributed by atoms with E-state index in [9.17, 15) is 15.5 Å². The van der Waals surface area contributed by atoms with Gasteiger partial charge in [-0.2, -0.15) is 5.26 Å². The lowest BCUT2D eigenvalue weighted by atomic mass is 10.1. The van der Waals surface area contributed by atoms with E-state index in [0.29, 0.717) is 27.6 Å². The van der Waals surface area contributed by atoms with Crippen LogP contribution in [0.15, 0.2) is 46.4 Å². The van der Waals surface area contributed by atoms with Gasteiger partial charge >= 0.3 is 0 Å². The summed E-state index contributed by atoms with van der Waals surface area (Å²) in [6.07, 6.45) is 3.14. The Balaban J connectivity index is 1.98. The minimum atomic E-state index is -0.0645. The Bertz CT molecular complexity index is 873. The first-order chi connectivity index (χ1) is 10.7. The summed E-state index contributed by atoms with van der Waals surface area (Å²) in [7, 11) is 0. The zero-order valence-electron chi connectivity index (χ0n) is 11.2. The molecule has 0 radical (unpaired) electrons. The molecule has 0 aliphatic carbocycles. The Morgan fingerprint density at radius 3 is 2.86 bits per heavy atom. The molecular formula is C16H10N2O3S. The van der Waals surface area contributed by atoms with E-state index >= 15 is 0 Å². The van der Waals surface area contributed by atoms with Gasteiger partial charge < -0.3 is 14.6 Å². The maximum absolute atomic E-state index is 9.87. The highest BCUT2D eigenvalue weighted by atomic mass is 32.1. The molecular weight excluding hydrogens is 300 g/mol. The molecule has 2 aromatic heterocycles. The Hall–Kier alpha value is -3.04. The van der Waals surface area contributed by atoms with Gasteiger partial charge in [0, 0.05) is 23.1 Å². The van der Waals surface area contributed by atoms with E-state index in [4.69, 9.17) is 4.42 Å². The van der Waals surface area contributed by atoms with E-state index in [1.807, 2.05) is 0 Å². The summed E-state index contributed by atoms with van der Waals surface area (Å²) in [5, 5.41) is 30.7. The zero-order valence-corrected chi connectivity index (χ0v) is 12.0. The molecule has 6 heteroatoms. The number of phenolic OH excluding ortho intramolecular Hbond substituents is 2. The number of allylic oxidation sites excluding steroid dienone is 1. The van der Waals surface area contributed by atoms with Crippen molar-refractivity contribution < 1.29 is 14.6 Å². The molecule has 0 amide bonds. The van der Waals surface area contributed by atoms with Crippen LogP contribution in [-0.2, 0) is 0 Å². The molecule has 3 aromatic rings. The normalized spacial score (nSPS) is 11.3. The van der Waals surface area contributed by atoms with Gasteiger partial charge in [0.05, 0.1) is 17.5 Å². The average Bonchev–Trinajstić information content (AvgIpc) is 3.16. The van der Waals surface area contributed by atoms with Gasteiger partial charge in [0.2, 0.25) is 0 Å². The minimum Gasteiger partial charge on any atom is -0.508 e. The number of rotatable bonds is 3. The third-order valence-corrected chi connectivity index (χ3v) is 3.82. The Morgan fingerprint density at radius 1 is 1.32 bits per heavy atom. The van der Waals surface area contributed by atoms with Crippen molar-refractivity contribution in [2.24, 2.45) is 0 Å². The van der Waals surface area contributed by atoms with Crippen molar-refractivity contribution in [2.45, 2.75) is 0 Å². The summed E-state index contributed by atoms with van der Waals surface area (Å²) in [5.74, 6) is 0.485. The van der Waals surface area contributed by atoms with Crippen LogP contribution in [0.5, 0.6) is 11.5 Å². The van der Waals surface area contributed by atoms with Gasteiger partial charge in [-0.1, -0.05) is 0 Å². The summed E-state index contributed by atoms with van der Waals surface area (Å²) in [6, 6.07) is 9.87. The molecule has 22 heavy (non-hydrogen) atoms. The van der Waals surface area contributed by atoms with Crippen molar-refractivity contribution in [3.63, 3.8) is 0 Å². The van der Waals surface area contributed by atoms with Crippen molar-refractivity contribution in [3.8, 4) is 28.8 Å². The smallest absolute Gasteiger partial charge is 0.134 e. The van der Waals surface area contributed by atoms with Crippen molar-refractivity contribution in [2.75, 3.05) is 0 Å². The highest BCUT2D eigenvalue weighted by Crippen LogP contribution is 2.34. The van der Waals surface area contributed by atoms with Crippen LogP contribution < -0.4 is 0 Å². The highest BCUT2D eigenvalue weighted by molar-refractivity contribution is 7.11. The number of hydrogen-bond acceptors (Lipinski definition) is 6. The molecule has 0 atom stereocenters. The molecule has 1 aromatic carbocycles. The third-order valence-electron chi connectivity index (χ3n) is 2.94. The van der Waals surface area contributed by atoms with Crippen LogP contribution in [0.3, 0.4) is 0 Å². The molecule has 0 saturated carbocycles. The van der Waals surface area contributed by atoms with Gasteiger partial charge in [-0.3, -0.25) is 0 Å². The number of hydrogen-bond donors (Lipinski definition) is 2. The van der Waals surface area contributed by atoms with Crippen LogP contribution in [-0.4, -0.2) is 15.2 Å². The third kappa shape index (κ3) is 2.71. The summed E-state index contributed by atoms with van der Waals surface area (Å²) in [6.45, 7) is 0. The Kier molecular flexibility index (Phi) is 3.64. The Labute approximate surface area is 130 Å². The van der Waals surface area contributed by atoms with E-state index in [1.54, 1.807) is 29.7 Å². The van der Waals surface area contributed by atoms with Crippen molar-refractivity contribution in [1.29, 1.82) is 5.26 Å². The maximum atomic E-state index is 9.87. The van der Waals surface area contributed by atoms with Gasteiger partial charge in [0.1, 0.15) is 28.3 Å². The van der Waals surface area contributed by atoms with E-state index in [2.05, 4.69) is 11.1 Å². The number of aromatic hydroxyl groups is 2. The molecule has 0 bridgehead atoms. The van der Waals surface area contributed by atoms with Crippen LogP contribution in [0.1, 0.15) is 10.8 Å². The molecule has 0 saturated heterocycles. The first-order valence-corrected chi connectivity index (χ1v) is 7.19. The Morgan fingerprint density at radius 2 is 2.18 bits per heavy atom. The number of nitrogens with zero attached hydrogens (tertiary/aromatic N) is 2. The van der Waals surface area contributed by atoms with Gasteiger partial charge in [0.15, 0.2) is 0 Å². The van der Waals surface area contributed by atoms with Gasteiger partial charge in [-0.15, -0.1) is 11.3 Å². The first-order valence-electron chi connectivity index (χ1n) is 6.31. The molecule has 0 aliphatic rings. The summed E-state index contributed by atoms with van der Waals surface area (Å²) in [4.78, 5) is 4.37. The lowest BCUT2D eigenvalue weighted by molar-refractivity contribution is 0.452. The fourth-order valence-corrected chi connectivity index (χ4v) is 2.70. The highest BCUT2D eigenvalue weighted by Gasteiger charge is 2.12. The maximum Gasteiger partial charge on any atom is 0.134 e. The number of thiazole rings is 1. The molecule has 3 rings (SSSR count). The van der Waals surface area contributed by atoms with Crippen LogP contribution in [0, 0.1) is 11.3 Å². The van der Waals surface area contributed by atoms with Crippen LogP contribution in [0.25, 0.3) is 22.9 Å². The molecule has 2 N–H and O–H groups in total. The molecule has 2 heterocycles.